The largest absolute Gasteiger partial charge is 0.384 e. The van der Waals surface area contributed by atoms with Crippen LogP contribution in [0.2, 0.25) is 0 Å². The summed E-state index contributed by atoms with van der Waals surface area (Å²) in [5.41, 5.74) is 3.63. The van der Waals surface area contributed by atoms with Crippen molar-refractivity contribution in [3.8, 4) is 0 Å². The van der Waals surface area contributed by atoms with Crippen molar-refractivity contribution in [2.75, 3.05) is 31.6 Å². The van der Waals surface area contributed by atoms with Gasteiger partial charge in [0.15, 0.2) is 0 Å². The lowest BCUT2D eigenvalue weighted by atomic mass is 9.92. The Kier molecular flexibility index (Phi) is 6.51. The quantitative estimate of drug-likeness (QED) is 0.659. The van der Waals surface area contributed by atoms with Crippen molar-refractivity contribution in [2.45, 2.75) is 45.3 Å². The number of pyridine rings is 2. The number of amides is 2. The van der Waals surface area contributed by atoms with Gasteiger partial charge in [-0.2, -0.15) is 0 Å². The molecule has 9 heteroatoms. The molecule has 2 aliphatic heterocycles. The smallest absolute Gasteiger partial charge is 0.273 e. The minimum atomic E-state index is -1.08. The summed E-state index contributed by atoms with van der Waals surface area (Å²) >= 11 is 0. The Balaban J connectivity index is 1.53. The summed E-state index contributed by atoms with van der Waals surface area (Å²) in [6.45, 7) is 6.20. The van der Waals surface area contributed by atoms with Crippen LogP contribution < -0.4 is 10.6 Å². The van der Waals surface area contributed by atoms with Crippen molar-refractivity contribution in [3.05, 3.63) is 47.4 Å². The molecule has 0 spiro atoms. The molecule has 3 atom stereocenters. The molecule has 2 N–H and O–H groups in total. The molecule has 2 aromatic heterocycles. The molecule has 0 bridgehead atoms. The topological polar surface area (TPSA) is 96.5 Å². The predicted molar refractivity (Wildman–Crippen MR) is 131 cm³/mol. The highest BCUT2D eigenvalue weighted by Gasteiger charge is 2.43. The van der Waals surface area contributed by atoms with Gasteiger partial charge in [0.25, 0.3) is 5.91 Å². The van der Waals surface area contributed by atoms with E-state index in [9.17, 15) is 14.0 Å². The third kappa shape index (κ3) is 4.91. The zero-order valence-corrected chi connectivity index (χ0v) is 20.0. The van der Waals surface area contributed by atoms with E-state index in [1.807, 2.05) is 12.3 Å². The SMILES string of the molecule is CCCC1C=C(C)C(c2cc3cnc(NC(=O)C4CC4F)cc3nc2C(=O)N2CCOCC2)=CN1. The minimum absolute atomic E-state index is 0.157. The first-order chi connectivity index (χ1) is 16.9. The Labute approximate surface area is 203 Å². The standard InChI is InChI=1S/C26H30FN5O3/c1-3-4-17-9-15(2)20(14-28-17)18-10-16-13-29-23(31-25(33)19-11-21(19)27)12-22(16)30-24(18)26(34)32-5-7-35-8-6-32/h9-10,12-14,17,19,21,28H,3-8,11H2,1-2H3,(H,29,31,33). The van der Waals surface area contributed by atoms with Gasteiger partial charge in [-0.25, -0.2) is 14.4 Å². The van der Waals surface area contributed by atoms with E-state index < -0.39 is 12.1 Å². The molecule has 3 unspecified atom stereocenters. The summed E-state index contributed by atoms with van der Waals surface area (Å²) in [6.07, 6.45) is 7.05. The first-order valence-electron chi connectivity index (χ1n) is 12.2. The molecule has 0 aromatic carbocycles. The van der Waals surface area contributed by atoms with Gasteiger partial charge in [-0.3, -0.25) is 9.59 Å². The molecule has 2 fully saturated rings. The molecule has 5 rings (SSSR count). The third-order valence-electron chi connectivity index (χ3n) is 6.71. The number of nitrogens with one attached hydrogen (secondary N) is 2. The minimum Gasteiger partial charge on any atom is -0.384 e. The van der Waals surface area contributed by atoms with Gasteiger partial charge in [0.1, 0.15) is 17.7 Å². The van der Waals surface area contributed by atoms with E-state index in [0.29, 0.717) is 43.3 Å². The molecule has 1 aliphatic carbocycles. The van der Waals surface area contributed by atoms with E-state index in [2.05, 4.69) is 35.5 Å². The molecular weight excluding hydrogens is 449 g/mol. The molecule has 35 heavy (non-hydrogen) atoms. The molecule has 2 amide bonds. The highest BCUT2D eigenvalue weighted by molar-refractivity contribution is 6.03. The number of aromatic nitrogens is 2. The van der Waals surface area contributed by atoms with Crippen LogP contribution in [0.3, 0.4) is 0 Å². The third-order valence-corrected chi connectivity index (χ3v) is 6.71. The first-order valence-corrected chi connectivity index (χ1v) is 12.2. The van der Waals surface area contributed by atoms with E-state index in [4.69, 9.17) is 9.72 Å². The summed E-state index contributed by atoms with van der Waals surface area (Å²) in [4.78, 5) is 36.6. The number of halogens is 1. The lowest BCUT2D eigenvalue weighted by Crippen LogP contribution is -2.41. The first kappa shape index (κ1) is 23.4. The van der Waals surface area contributed by atoms with Crippen LogP contribution in [-0.2, 0) is 9.53 Å². The Hall–Kier alpha value is -3.33. The normalized spacial score (nSPS) is 23.9. The average molecular weight is 480 g/mol. The van der Waals surface area contributed by atoms with Gasteiger partial charge in [0.2, 0.25) is 5.91 Å². The van der Waals surface area contributed by atoms with Crippen LogP contribution in [0.1, 0.15) is 49.2 Å². The number of fused-ring (bicyclic) bond motifs is 1. The number of alkyl halides is 1. The number of ether oxygens (including phenoxy) is 1. The number of anilines is 1. The number of carbonyl (C=O) groups is 2. The fraction of sp³-hybridized carbons (Fsp3) is 0.462. The van der Waals surface area contributed by atoms with Crippen molar-refractivity contribution < 1.29 is 18.7 Å². The van der Waals surface area contributed by atoms with Crippen molar-refractivity contribution in [1.82, 2.24) is 20.2 Å². The van der Waals surface area contributed by atoms with Crippen LogP contribution in [0, 0.1) is 5.92 Å². The Morgan fingerprint density at radius 3 is 2.74 bits per heavy atom. The average Bonchev–Trinajstić information content (AvgIpc) is 3.60. The second kappa shape index (κ2) is 9.73. The number of morpholine rings is 1. The van der Waals surface area contributed by atoms with Crippen LogP contribution in [0.15, 0.2) is 36.2 Å². The number of nitrogens with zero attached hydrogens (tertiary/aromatic N) is 3. The van der Waals surface area contributed by atoms with Gasteiger partial charge in [0, 0.05) is 54.1 Å². The summed E-state index contributed by atoms with van der Waals surface area (Å²) in [5, 5.41) is 6.85. The number of hydrogen-bond donors (Lipinski definition) is 2. The maximum absolute atomic E-state index is 13.6. The van der Waals surface area contributed by atoms with Crippen LogP contribution >= 0.6 is 0 Å². The second-order valence-electron chi connectivity index (χ2n) is 9.37. The maximum Gasteiger partial charge on any atom is 0.273 e. The van der Waals surface area contributed by atoms with Gasteiger partial charge in [-0.15, -0.1) is 0 Å². The Morgan fingerprint density at radius 2 is 2.06 bits per heavy atom. The molecule has 1 saturated carbocycles. The molecule has 4 heterocycles. The van der Waals surface area contributed by atoms with Crippen LogP contribution in [0.5, 0.6) is 0 Å². The van der Waals surface area contributed by atoms with Crippen LogP contribution in [-0.4, -0.2) is 65.2 Å². The van der Waals surface area contributed by atoms with E-state index in [0.717, 1.165) is 34.9 Å². The fourth-order valence-corrected chi connectivity index (χ4v) is 4.59. The molecule has 2 aromatic rings. The monoisotopic (exact) mass is 479 g/mol. The lowest BCUT2D eigenvalue weighted by molar-refractivity contribution is -0.117. The van der Waals surface area contributed by atoms with Crippen molar-refractivity contribution in [1.29, 1.82) is 0 Å². The fourth-order valence-electron chi connectivity index (χ4n) is 4.59. The lowest BCUT2D eigenvalue weighted by Gasteiger charge is -2.28. The molecule has 1 saturated heterocycles. The van der Waals surface area contributed by atoms with E-state index >= 15 is 0 Å². The van der Waals surface area contributed by atoms with Crippen LogP contribution in [0.4, 0.5) is 10.2 Å². The number of rotatable bonds is 6. The van der Waals surface area contributed by atoms with E-state index in [-0.39, 0.29) is 24.3 Å². The van der Waals surface area contributed by atoms with Crippen molar-refractivity contribution in [2.24, 2.45) is 5.92 Å². The zero-order valence-electron chi connectivity index (χ0n) is 20.0. The van der Waals surface area contributed by atoms with Gasteiger partial charge in [0.05, 0.1) is 24.6 Å². The van der Waals surface area contributed by atoms with Gasteiger partial charge in [-0.1, -0.05) is 19.4 Å². The van der Waals surface area contributed by atoms with Crippen LogP contribution in [0.25, 0.3) is 16.5 Å². The number of allylic oxidation sites excluding steroid dienone is 2. The summed E-state index contributed by atoms with van der Waals surface area (Å²) in [6, 6.07) is 3.83. The molecule has 184 valence electrons. The van der Waals surface area contributed by atoms with Crippen molar-refractivity contribution >= 4 is 34.1 Å². The predicted octanol–water partition coefficient (Wildman–Crippen LogP) is 3.46. The molecule has 8 nitrogen and oxygen atoms in total. The maximum atomic E-state index is 13.6. The summed E-state index contributed by atoms with van der Waals surface area (Å²) in [5.74, 6) is -0.858. The highest BCUT2D eigenvalue weighted by Crippen LogP contribution is 2.35. The van der Waals surface area contributed by atoms with Gasteiger partial charge < -0.3 is 20.3 Å². The van der Waals surface area contributed by atoms with Gasteiger partial charge >= 0.3 is 0 Å². The van der Waals surface area contributed by atoms with Gasteiger partial charge in [-0.05, 0) is 31.4 Å². The number of hydrogen-bond acceptors (Lipinski definition) is 6. The number of carbonyl (C=O) groups excluding carboxylic acids is 2. The van der Waals surface area contributed by atoms with E-state index in [1.54, 1.807) is 17.2 Å². The summed E-state index contributed by atoms with van der Waals surface area (Å²) in [7, 11) is 0. The van der Waals surface area contributed by atoms with E-state index in [1.165, 1.54) is 0 Å². The zero-order chi connectivity index (χ0) is 24.5. The highest BCUT2D eigenvalue weighted by atomic mass is 19.1. The number of dihydropyridines is 1. The summed E-state index contributed by atoms with van der Waals surface area (Å²) < 4.78 is 18.7. The Bertz CT molecular complexity index is 1220. The van der Waals surface area contributed by atoms with Crippen molar-refractivity contribution in [3.63, 3.8) is 0 Å². The second-order valence-corrected chi connectivity index (χ2v) is 9.37. The molecule has 0 radical (unpaired) electrons. The molecular formula is C26H30FN5O3. The molecule has 3 aliphatic rings. The Morgan fingerprint density at radius 1 is 1.29 bits per heavy atom.